The Kier molecular flexibility index (Phi) is 3.45. The van der Waals surface area contributed by atoms with E-state index in [0.717, 1.165) is 10.4 Å². The Labute approximate surface area is 88.9 Å². The lowest BCUT2D eigenvalue weighted by Crippen LogP contribution is -2.35. The number of Topliss-reactive ketones (excluding diaryl/α,β-unsaturated/α-hetero) is 1. The number of aryl methyl sites for hydroxylation is 1. The van der Waals surface area contributed by atoms with E-state index in [1.807, 2.05) is 39.1 Å². The van der Waals surface area contributed by atoms with Gasteiger partial charge in [0, 0.05) is 17.0 Å². The van der Waals surface area contributed by atoms with E-state index in [2.05, 4.69) is 0 Å². The Hall–Kier alpha value is -0.670. The molecule has 0 aliphatic rings. The van der Waals surface area contributed by atoms with Gasteiger partial charge >= 0.3 is 0 Å². The number of hydrogen-bond donors (Lipinski definition) is 0. The van der Waals surface area contributed by atoms with E-state index in [0.29, 0.717) is 6.61 Å². The molecule has 0 aliphatic heterocycles. The van der Waals surface area contributed by atoms with Gasteiger partial charge < -0.3 is 4.74 Å². The zero-order valence-electron chi connectivity index (χ0n) is 9.09. The Morgan fingerprint density at radius 1 is 1.57 bits per heavy atom. The first-order valence-corrected chi connectivity index (χ1v) is 5.60. The van der Waals surface area contributed by atoms with E-state index in [-0.39, 0.29) is 5.78 Å². The van der Waals surface area contributed by atoms with Crippen LogP contribution in [0, 0.1) is 6.92 Å². The predicted octanol–water partition coefficient (Wildman–Crippen LogP) is 3.05. The maximum absolute atomic E-state index is 12.0. The number of hydrogen-bond acceptors (Lipinski definition) is 3. The molecule has 1 aromatic rings. The van der Waals surface area contributed by atoms with Gasteiger partial charge in [-0.05, 0) is 39.1 Å². The van der Waals surface area contributed by atoms with Crippen molar-refractivity contribution >= 4 is 17.1 Å². The molecule has 1 heterocycles. The Morgan fingerprint density at radius 2 is 2.21 bits per heavy atom. The number of ether oxygens (including phenoxy) is 1. The molecule has 0 amide bonds. The van der Waals surface area contributed by atoms with Gasteiger partial charge in [-0.2, -0.15) is 0 Å². The van der Waals surface area contributed by atoms with Crippen LogP contribution in [0.4, 0.5) is 0 Å². The summed E-state index contributed by atoms with van der Waals surface area (Å²) in [7, 11) is 0. The van der Waals surface area contributed by atoms with Crippen molar-refractivity contribution in [3.8, 4) is 0 Å². The maximum Gasteiger partial charge on any atom is 0.195 e. The fourth-order valence-electron chi connectivity index (χ4n) is 1.37. The molecule has 14 heavy (non-hydrogen) atoms. The summed E-state index contributed by atoms with van der Waals surface area (Å²) in [5, 5.41) is 1.94. The van der Waals surface area contributed by atoms with Gasteiger partial charge in [-0.3, -0.25) is 4.79 Å². The van der Waals surface area contributed by atoms with E-state index in [1.54, 1.807) is 11.3 Å². The number of rotatable bonds is 4. The summed E-state index contributed by atoms with van der Waals surface area (Å²) in [6.45, 7) is 8.04. The topological polar surface area (TPSA) is 26.3 Å². The van der Waals surface area contributed by atoms with Crippen molar-refractivity contribution in [3.05, 3.63) is 21.9 Å². The molecule has 0 spiro atoms. The average Bonchev–Trinajstić information content (AvgIpc) is 2.50. The number of carbonyl (C=O) groups excluding carboxylic acids is 1. The van der Waals surface area contributed by atoms with Crippen molar-refractivity contribution in [2.75, 3.05) is 6.61 Å². The van der Waals surface area contributed by atoms with Crippen molar-refractivity contribution in [2.24, 2.45) is 0 Å². The second kappa shape index (κ2) is 4.24. The van der Waals surface area contributed by atoms with Gasteiger partial charge in [0.05, 0.1) is 0 Å². The molecule has 0 radical (unpaired) electrons. The highest BCUT2D eigenvalue weighted by atomic mass is 32.1. The second-order valence-corrected chi connectivity index (χ2v) is 4.78. The van der Waals surface area contributed by atoms with Crippen LogP contribution in [0.1, 0.15) is 36.0 Å². The minimum atomic E-state index is -0.708. The molecule has 3 heteroatoms. The summed E-state index contributed by atoms with van der Waals surface area (Å²) >= 11 is 1.59. The van der Waals surface area contributed by atoms with Crippen LogP contribution < -0.4 is 0 Å². The molecule has 78 valence electrons. The molecule has 0 fully saturated rings. The zero-order valence-corrected chi connectivity index (χ0v) is 9.90. The van der Waals surface area contributed by atoms with Gasteiger partial charge in [0.2, 0.25) is 0 Å². The number of ketones is 1. The first-order valence-electron chi connectivity index (χ1n) is 4.72. The van der Waals surface area contributed by atoms with Crippen LogP contribution in [0.15, 0.2) is 11.4 Å². The standard InChI is InChI=1S/C11H16O2S/c1-5-13-11(3,4)10(12)9-6-7-14-8(9)2/h6-7H,5H2,1-4H3. The summed E-state index contributed by atoms with van der Waals surface area (Å²) in [6.07, 6.45) is 0. The molecule has 0 bridgehead atoms. The predicted molar refractivity (Wildman–Crippen MR) is 59.1 cm³/mol. The number of thiophene rings is 1. The molecule has 0 unspecified atom stereocenters. The van der Waals surface area contributed by atoms with E-state index >= 15 is 0 Å². The van der Waals surface area contributed by atoms with Crippen LogP contribution in [0.3, 0.4) is 0 Å². The highest BCUT2D eigenvalue weighted by Crippen LogP contribution is 2.23. The Bertz CT molecular complexity index is 326. The minimum absolute atomic E-state index is 0.0677. The smallest absolute Gasteiger partial charge is 0.195 e. The van der Waals surface area contributed by atoms with Gasteiger partial charge in [-0.1, -0.05) is 0 Å². The molecule has 0 atom stereocenters. The molecular weight excluding hydrogens is 196 g/mol. The summed E-state index contributed by atoms with van der Waals surface area (Å²) in [6, 6.07) is 1.86. The van der Waals surface area contributed by atoms with E-state index in [1.165, 1.54) is 0 Å². The minimum Gasteiger partial charge on any atom is -0.368 e. The molecule has 0 aromatic carbocycles. The van der Waals surface area contributed by atoms with E-state index in [4.69, 9.17) is 4.74 Å². The SMILES string of the molecule is CCOC(C)(C)C(=O)c1ccsc1C. The lowest BCUT2D eigenvalue weighted by molar-refractivity contribution is 0.00125. The summed E-state index contributed by atoms with van der Waals surface area (Å²) in [5.74, 6) is 0.0677. The van der Waals surface area contributed by atoms with Gasteiger partial charge in [-0.15, -0.1) is 11.3 Å². The van der Waals surface area contributed by atoms with Gasteiger partial charge in [-0.25, -0.2) is 0 Å². The number of carbonyl (C=O) groups is 1. The van der Waals surface area contributed by atoms with Crippen molar-refractivity contribution in [3.63, 3.8) is 0 Å². The molecular formula is C11H16O2S. The lowest BCUT2D eigenvalue weighted by atomic mass is 9.97. The van der Waals surface area contributed by atoms with E-state index in [9.17, 15) is 4.79 Å². The van der Waals surface area contributed by atoms with Crippen molar-refractivity contribution in [1.29, 1.82) is 0 Å². The maximum atomic E-state index is 12.0. The quantitative estimate of drug-likeness (QED) is 0.717. The third kappa shape index (κ3) is 2.22. The fourth-order valence-corrected chi connectivity index (χ4v) is 2.07. The van der Waals surface area contributed by atoms with Crippen LogP contribution in [0.2, 0.25) is 0 Å². The fraction of sp³-hybridized carbons (Fsp3) is 0.545. The first kappa shape index (κ1) is 11.4. The average molecular weight is 212 g/mol. The molecule has 0 aliphatic carbocycles. The monoisotopic (exact) mass is 212 g/mol. The summed E-state index contributed by atoms with van der Waals surface area (Å²) in [4.78, 5) is 13.1. The summed E-state index contributed by atoms with van der Waals surface area (Å²) < 4.78 is 5.42. The summed E-state index contributed by atoms with van der Waals surface area (Å²) in [5.41, 5.74) is 0.0778. The third-order valence-electron chi connectivity index (χ3n) is 2.16. The van der Waals surface area contributed by atoms with Gasteiger partial charge in [0.25, 0.3) is 0 Å². The van der Waals surface area contributed by atoms with Crippen LogP contribution in [-0.4, -0.2) is 18.0 Å². The van der Waals surface area contributed by atoms with Crippen LogP contribution >= 0.6 is 11.3 Å². The molecule has 2 nitrogen and oxygen atoms in total. The molecule has 1 aromatic heterocycles. The van der Waals surface area contributed by atoms with Crippen LogP contribution in [0.5, 0.6) is 0 Å². The lowest BCUT2D eigenvalue weighted by Gasteiger charge is -2.22. The molecule has 0 saturated heterocycles. The van der Waals surface area contributed by atoms with Crippen LogP contribution in [-0.2, 0) is 4.74 Å². The van der Waals surface area contributed by atoms with Crippen molar-refractivity contribution in [2.45, 2.75) is 33.3 Å². The normalized spacial score (nSPS) is 11.7. The largest absolute Gasteiger partial charge is 0.368 e. The first-order chi connectivity index (χ1) is 6.49. The van der Waals surface area contributed by atoms with Crippen molar-refractivity contribution < 1.29 is 9.53 Å². The molecule has 0 N–H and O–H groups in total. The third-order valence-corrected chi connectivity index (χ3v) is 3.00. The Morgan fingerprint density at radius 3 is 2.64 bits per heavy atom. The Balaban J connectivity index is 2.90. The highest BCUT2D eigenvalue weighted by molar-refractivity contribution is 7.10. The highest BCUT2D eigenvalue weighted by Gasteiger charge is 2.30. The zero-order chi connectivity index (χ0) is 10.8. The van der Waals surface area contributed by atoms with Crippen molar-refractivity contribution in [1.82, 2.24) is 0 Å². The molecule has 1 rings (SSSR count). The molecule has 0 saturated carbocycles. The van der Waals surface area contributed by atoms with Gasteiger partial charge in [0.1, 0.15) is 5.60 Å². The van der Waals surface area contributed by atoms with Crippen LogP contribution in [0.25, 0.3) is 0 Å². The van der Waals surface area contributed by atoms with E-state index < -0.39 is 5.60 Å². The second-order valence-electron chi connectivity index (χ2n) is 3.66. The van der Waals surface area contributed by atoms with Gasteiger partial charge in [0.15, 0.2) is 5.78 Å².